The molecule has 0 amide bonds. The fraction of sp³-hybridized carbons (Fsp3) is 0.364. The van der Waals surface area contributed by atoms with Gasteiger partial charge in [-0.05, 0) is 36.6 Å². The topological polar surface area (TPSA) is 44.0 Å². The third-order valence-corrected chi connectivity index (χ3v) is 2.67. The number of aliphatic hydroxyl groups excluding tert-OH is 1. The number of hydrogen-bond acceptors (Lipinski definition) is 2. The molecule has 0 aliphatic rings. The molecule has 1 aromatic rings. The van der Waals surface area contributed by atoms with Crippen LogP contribution in [-0.2, 0) is 0 Å². The lowest BCUT2D eigenvalue weighted by Crippen LogP contribution is -2.01. The summed E-state index contributed by atoms with van der Waals surface area (Å²) in [5.74, 6) is -0.201. The summed E-state index contributed by atoms with van der Waals surface area (Å²) in [6.07, 6.45) is 0.499. The molecule has 0 saturated heterocycles. The smallest absolute Gasteiger partial charge is 0.0737 e. The molecular formula is C11H12BrNO. The van der Waals surface area contributed by atoms with Gasteiger partial charge < -0.3 is 5.11 Å². The van der Waals surface area contributed by atoms with E-state index in [0.717, 1.165) is 15.6 Å². The van der Waals surface area contributed by atoms with E-state index < -0.39 is 0 Å². The van der Waals surface area contributed by atoms with Crippen molar-refractivity contribution in [3.05, 3.63) is 33.8 Å². The Morgan fingerprint density at radius 1 is 1.57 bits per heavy atom. The van der Waals surface area contributed by atoms with Gasteiger partial charge in [-0.25, -0.2) is 0 Å². The van der Waals surface area contributed by atoms with Gasteiger partial charge in [0, 0.05) is 11.1 Å². The highest BCUT2D eigenvalue weighted by Crippen LogP contribution is 2.24. The minimum absolute atomic E-state index is 0.0493. The van der Waals surface area contributed by atoms with Crippen LogP contribution >= 0.6 is 15.9 Å². The molecule has 0 aliphatic carbocycles. The van der Waals surface area contributed by atoms with E-state index in [2.05, 4.69) is 22.0 Å². The zero-order chi connectivity index (χ0) is 10.6. The van der Waals surface area contributed by atoms with Crippen LogP contribution in [0.4, 0.5) is 0 Å². The molecule has 0 saturated carbocycles. The number of halogens is 1. The van der Waals surface area contributed by atoms with E-state index in [4.69, 9.17) is 10.4 Å². The fourth-order valence-corrected chi connectivity index (χ4v) is 1.92. The lowest BCUT2D eigenvalue weighted by Gasteiger charge is -2.11. The Morgan fingerprint density at radius 3 is 2.79 bits per heavy atom. The van der Waals surface area contributed by atoms with E-state index in [1.54, 1.807) is 0 Å². The van der Waals surface area contributed by atoms with Gasteiger partial charge in [0.2, 0.25) is 0 Å². The van der Waals surface area contributed by atoms with Gasteiger partial charge in [0.15, 0.2) is 0 Å². The van der Waals surface area contributed by atoms with Gasteiger partial charge in [-0.1, -0.05) is 22.0 Å². The molecule has 1 unspecified atom stereocenters. The van der Waals surface area contributed by atoms with Crippen LogP contribution in [0.15, 0.2) is 22.7 Å². The summed E-state index contributed by atoms with van der Waals surface area (Å²) in [5.41, 5.74) is 2.09. The van der Waals surface area contributed by atoms with Crippen molar-refractivity contribution in [2.24, 2.45) is 0 Å². The summed E-state index contributed by atoms with van der Waals surface area (Å²) >= 11 is 3.37. The Hall–Kier alpha value is -0.850. The second-order valence-corrected chi connectivity index (χ2v) is 4.11. The van der Waals surface area contributed by atoms with Crippen molar-refractivity contribution in [1.82, 2.24) is 0 Å². The maximum Gasteiger partial charge on any atom is 0.0737 e. The molecule has 0 fully saturated rings. The highest BCUT2D eigenvalue weighted by molar-refractivity contribution is 9.10. The second-order valence-electron chi connectivity index (χ2n) is 3.19. The minimum Gasteiger partial charge on any atom is -0.396 e. The van der Waals surface area contributed by atoms with Crippen LogP contribution in [0.1, 0.15) is 23.5 Å². The Kier molecular flexibility index (Phi) is 4.12. The summed E-state index contributed by atoms with van der Waals surface area (Å²) in [5, 5.41) is 17.7. The van der Waals surface area contributed by atoms with E-state index >= 15 is 0 Å². The monoisotopic (exact) mass is 253 g/mol. The summed E-state index contributed by atoms with van der Waals surface area (Å²) in [4.78, 5) is 0. The van der Waals surface area contributed by atoms with Crippen molar-refractivity contribution in [3.63, 3.8) is 0 Å². The molecule has 1 rings (SSSR count). The first kappa shape index (κ1) is 11.2. The first-order chi connectivity index (χ1) is 6.69. The molecule has 0 aliphatic heterocycles. The van der Waals surface area contributed by atoms with Gasteiger partial charge in [-0.3, -0.25) is 0 Å². The van der Waals surface area contributed by atoms with Crippen molar-refractivity contribution in [2.75, 3.05) is 6.61 Å². The molecule has 1 N–H and O–H groups in total. The maximum absolute atomic E-state index is 8.93. The van der Waals surface area contributed by atoms with Gasteiger partial charge in [-0.15, -0.1) is 0 Å². The Labute approximate surface area is 92.3 Å². The van der Waals surface area contributed by atoms with Crippen LogP contribution in [0.2, 0.25) is 0 Å². The predicted octanol–water partition coefficient (Wildman–Crippen LogP) is 2.75. The highest BCUT2D eigenvalue weighted by Gasteiger charge is 2.12. The first-order valence-electron chi connectivity index (χ1n) is 4.45. The fourth-order valence-electron chi connectivity index (χ4n) is 1.45. The molecule has 74 valence electrons. The van der Waals surface area contributed by atoms with Crippen molar-refractivity contribution in [3.8, 4) is 6.07 Å². The lowest BCUT2D eigenvalue weighted by atomic mass is 9.94. The van der Waals surface area contributed by atoms with Crippen LogP contribution in [0.25, 0.3) is 0 Å². The van der Waals surface area contributed by atoms with E-state index in [0.29, 0.717) is 6.42 Å². The zero-order valence-electron chi connectivity index (χ0n) is 8.00. The standard InChI is InChI=1S/C11H12BrNO/c1-8-6-10(12)2-3-11(8)9(7-13)4-5-14/h2-3,6,9,14H,4-5H2,1H3. The number of aryl methyl sites for hydroxylation is 1. The Balaban J connectivity index is 3.00. The van der Waals surface area contributed by atoms with E-state index in [1.165, 1.54) is 0 Å². The third-order valence-electron chi connectivity index (χ3n) is 2.18. The number of hydrogen-bond donors (Lipinski definition) is 1. The normalized spacial score (nSPS) is 12.1. The first-order valence-corrected chi connectivity index (χ1v) is 5.25. The van der Waals surface area contributed by atoms with Gasteiger partial charge >= 0.3 is 0 Å². The quantitative estimate of drug-likeness (QED) is 0.901. The van der Waals surface area contributed by atoms with Crippen molar-refractivity contribution < 1.29 is 5.11 Å². The molecular weight excluding hydrogens is 242 g/mol. The van der Waals surface area contributed by atoms with Crippen molar-refractivity contribution >= 4 is 15.9 Å². The largest absolute Gasteiger partial charge is 0.396 e. The Bertz CT molecular complexity index is 357. The molecule has 0 bridgehead atoms. The molecule has 0 radical (unpaired) electrons. The van der Waals surface area contributed by atoms with Gasteiger partial charge in [-0.2, -0.15) is 5.26 Å². The molecule has 0 spiro atoms. The SMILES string of the molecule is Cc1cc(Br)ccc1C(C#N)CCO. The van der Waals surface area contributed by atoms with Crippen LogP contribution < -0.4 is 0 Å². The Morgan fingerprint density at radius 2 is 2.29 bits per heavy atom. The van der Waals surface area contributed by atoms with Crippen molar-refractivity contribution in [1.29, 1.82) is 5.26 Å². The lowest BCUT2D eigenvalue weighted by molar-refractivity contribution is 0.283. The van der Waals surface area contributed by atoms with E-state index in [1.807, 2.05) is 25.1 Å². The van der Waals surface area contributed by atoms with Gasteiger partial charge in [0.25, 0.3) is 0 Å². The summed E-state index contributed by atoms with van der Waals surface area (Å²) in [7, 11) is 0. The molecule has 2 nitrogen and oxygen atoms in total. The van der Waals surface area contributed by atoms with Crippen LogP contribution in [0.5, 0.6) is 0 Å². The molecule has 1 atom stereocenters. The van der Waals surface area contributed by atoms with Crippen LogP contribution in [0, 0.1) is 18.3 Å². The van der Waals surface area contributed by atoms with E-state index in [-0.39, 0.29) is 12.5 Å². The van der Waals surface area contributed by atoms with Gasteiger partial charge in [0.1, 0.15) is 0 Å². The number of rotatable bonds is 3. The maximum atomic E-state index is 8.93. The molecule has 1 aromatic carbocycles. The number of benzene rings is 1. The number of nitrogens with zero attached hydrogens (tertiary/aromatic N) is 1. The highest BCUT2D eigenvalue weighted by atomic mass is 79.9. The zero-order valence-corrected chi connectivity index (χ0v) is 9.58. The molecule has 0 aromatic heterocycles. The van der Waals surface area contributed by atoms with Crippen molar-refractivity contribution in [2.45, 2.75) is 19.3 Å². The van der Waals surface area contributed by atoms with Gasteiger partial charge in [0.05, 0.1) is 12.0 Å². The number of aliphatic hydroxyl groups is 1. The molecule has 14 heavy (non-hydrogen) atoms. The molecule has 0 heterocycles. The average molecular weight is 254 g/mol. The minimum atomic E-state index is -0.201. The average Bonchev–Trinajstić information content (AvgIpc) is 2.15. The summed E-state index contributed by atoms with van der Waals surface area (Å²) < 4.78 is 1.01. The summed E-state index contributed by atoms with van der Waals surface area (Å²) in [6.45, 7) is 2.02. The predicted molar refractivity (Wildman–Crippen MR) is 58.9 cm³/mol. The number of nitriles is 1. The third kappa shape index (κ3) is 2.57. The van der Waals surface area contributed by atoms with E-state index in [9.17, 15) is 0 Å². The molecule has 3 heteroatoms. The summed E-state index contributed by atoms with van der Waals surface area (Å²) in [6, 6.07) is 8.04. The van der Waals surface area contributed by atoms with Crippen LogP contribution in [-0.4, -0.2) is 11.7 Å². The second kappa shape index (κ2) is 5.14. The van der Waals surface area contributed by atoms with Crippen LogP contribution in [0.3, 0.4) is 0 Å².